The Bertz CT molecular complexity index is 1360. The molecule has 2 aromatic carbocycles. The largest absolute Gasteiger partial charge is 0.495 e. The Labute approximate surface area is 197 Å². The van der Waals surface area contributed by atoms with E-state index in [2.05, 4.69) is 10.1 Å². The first-order chi connectivity index (χ1) is 16.5. The molecule has 8 heteroatoms. The van der Waals surface area contributed by atoms with Gasteiger partial charge in [0.15, 0.2) is 5.82 Å². The number of halogens is 1. The van der Waals surface area contributed by atoms with Crippen LogP contribution in [0.15, 0.2) is 55.0 Å². The third-order valence-corrected chi connectivity index (χ3v) is 6.36. The molecule has 0 aliphatic carbocycles. The van der Waals surface area contributed by atoms with Crippen LogP contribution in [-0.2, 0) is 12.0 Å². The Morgan fingerprint density at radius 2 is 2.09 bits per heavy atom. The molecule has 5 rings (SSSR count). The zero-order valence-electron chi connectivity index (χ0n) is 19.1. The van der Waals surface area contributed by atoms with E-state index in [0.29, 0.717) is 30.2 Å². The second-order valence-corrected chi connectivity index (χ2v) is 8.56. The quantitative estimate of drug-likeness (QED) is 0.468. The van der Waals surface area contributed by atoms with Crippen molar-refractivity contribution in [3.05, 3.63) is 89.3 Å². The van der Waals surface area contributed by atoms with E-state index < -0.39 is 5.41 Å². The zero-order valence-corrected chi connectivity index (χ0v) is 19.1. The lowest BCUT2D eigenvalue weighted by atomic mass is 9.75. The molecule has 174 valence electrons. The van der Waals surface area contributed by atoms with Crippen LogP contribution in [0.2, 0.25) is 0 Å². The minimum absolute atomic E-state index is 0.162. The van der Waals surface area contributed by atoms with E-state index in [1.165, 1.54) is 12.1 Å². The van der Waals surface area contributed by atoms with Crippen LogP contribution < -0.4 is 4.74 Å². The van der Waals surface area contributed by atoms with Gasteiger partial charge in [0.25, 0.3) is 0 Å². The lowest BCUT2D eigenvalue weighted by Crippen LogP contribution is -2.39. The predicted molar refractivity (Wildman–Crippen MR) is 127 cm³/mol. The van der Waals surface area contributed by atoms with Crippen molar-refractivity contribution < 1.29 is 14.2 Å². The van der Waals surface area contributed by atoms with Gasteiger partial charge in [-0.2, -0.15) is 5.10 Å². The molecular weight excluding hydrogens is 433 g/mol. The van der Waals surface area contributed by atoms with Crippen LogP contribution in [0.1, 0.15) is 41.3 Å². The summed E-state index contributed by atoms with van der Waals surface area (Å²) < 4.78 is 23.3. The van der Waals surface area contributed by atoms with Crippen LogP contribution in [0.25, 0.3) is 17.8 Å². The molecule has 0 fully saturated rings. The van der Waals surface area contributed by atoms with Gasteiger partial charge in [0.1, 0.15) is 17.4 Å². The van der Waals surface area contributed by atoms with E-state index in [1.807, 2.05) is 58.8 Å². The second-order valence-electron chi connectivity index (χ2n) is 8.56. The van der Waals surface area contributed by atoms with Crippen molar-refractivity contribution in [3.63, 3.8) is 0 Å². The number of aryl methyl sites for hydroxylation is 2. The first-order valence-corrected chi connectivity index (χ1v) is 11.2. The number of nitrogens with zero attached hydrogens (tertiary/aromatic N) is 5. The maximum absolute atomic E-state index is 14.0. The molecule has 34 heavy (non-hydrogen) atoms. The van der Waals surface area contributed by atoms with Gasteiger partial charge in [0, 0.05) is 12.7 Å². The van der Waals surface area contributed by atoms with Gasteiger partial charge < -0.3 is 14.4 Å². The number of fused-ring (bicyclic) bond motifs is 1. The van der Waals surface area contributed by atoms with Gasteiger partial charge in [-0.1, -0.05) is 24.3 Å². The summed E-state index contributed by atoms with van der Waals surface area (Å²) >= 11 is 0. The summed E-state index contributed by atoms with van der Waals surface area (Å²) in [6, 6.07) is 12.3. The van der Waals surface area contributed by atoms with Gasteiger partial charge in [0.2, 0.25) is 0 Å². The van der Waals surface area contributed by atoms with Gasteiger partial charge in [-0.3, -0.25) is 0 Å². The molecule has 1 aliphatic heterocycles. The number of rotatable bonds is 6. The fraction of sp³-hybridized carbons (Fsp3) is 0.269. The first-order valence-electron chi connectivity index (χ1n) is 11.2. The number of methoxy groups -OCH3 is 1. The summed E-state index contributed by atoms with van der Waals surface area (Å²) in [6.45, 7) is 2.49. The van der Waals surface area contributed by atoms with Crippen LogP contribution in [0.4, 0.5) is 4.39 Å². The number of hydrogen-bond acceptors (Lipinski definition) is 5. The van der Waals surface area contributed by atoms with Gasteiger partial charge in [0.05, 0.1) is 36.8 Å². The van der Waals surface area contributed by atoms with E-state index in [4.69, 9.17) is 9.72 Å². The van der Waals surface area contributed by atoms with Crippen LogP contribution in [0.3, 0.4) is 0 Å². The zero-order chi connectivity index (χ0) is 23.7. The van der Waals surface area contributed by atoms with Gasteiger partial charge >= 0.3 is 0 Å². The SMILES string of the molecule is COc1cc(C=Cc2nc3n(n2)CCCC3(CO)c2cccc(F)c2)ccc1-n1cnc(C)c1. The van der Waals surface area contributed by atoms with E-state index in [1.54, 1.807) is 19.5 Å². The van der Waals surface area contributed by atoms with Crippen LogP contribution in [0.5, 0.6) is 5.75 Å². The monoisotopic (exact) mass is 459 g/mol. The first kappa shape index (κ1) is 22.0. The summed E-state index contributed by atoms with van der Waals surface area (Å²) in [7, 11) is 1.64. The lowest BCUT2D eigenvalue weighted by molar-refractivity contribution is 0.181. The molecule has 0 bridgehead atoms. The second kappa shape index (κ2) is 8.87. The van der Waals surface area contributed by atoms with Crippen molar-refractivity contribution in [2.24, 2.45) is 0 Å². The molecule has 1 aliphatic rings. The molecular formula is C26H26FN5O2. The molecule has 0 amide bonds. The Kier molecular flexibility index (Phi) is 5.75. The lowest BCUT2D eigenvalue weighted by Gasteiger charge is -2.35. The fourth-order valence-corrected chi connectivity index (χ4v) is 4.62. The van der Waals surface area contributed by atoms with Gasteiger partial charge in [-0.05, 0) is 61.2 Å². The summed E-state index contributed by atoms with van der Waals surface area (Å²) in [5, 5.41) is 15.0. The third-order valence-electron chi connectivity index (χ3n) is 6.36. The highest BCUT2D eigenvalue weighted by molar-refractivity contribution is 5.69. The minimum atomic E-state index is -0.771. The summed E-state index contributed by atoms with van der Waals surface area (Å²) in [5.74, 6) is 1.60. The third kappa shape index (κ3) is 3.90. The Morgan fingerprint density at radius 1 is 1.21 bits per heavy atom. The number of ether oxygens (including phenoxy) is 1. The van der Waals surface area contributed by atoms with Crippen LogP contribution >= 0.6 is 0 Å². The molecule has 1 N–H and O–H groups in total. The molecule has 3 heterocycles. The molecule has 0 saturated heterocycles. The topological polar surface area (TPSA) is 78.0 Å². The standard InChI is InChI=1S/C26H26FN5O2/c1-18-15-31(17-28-18)22-9-7-19(13-23(22)34-2)8-10-24-29-25-26(16-33,11-4-12-32(25)30-24)20-5-3-6-21(27)14-20/h3,5-10,13-15,17,33H,4,11-12,16H2,1-2H3. The highest BCUT2D eigenvalue weighted by atomic mass is 19.1. The summed E-state index contributed by atoms with van der Waals surface area (Å²) in [4.78, 5) is 9.03. The van der Waals surface area contributed by atoms with Crippen molar-refractivity contribution >= 4 is 12.2 Å². The number of imidazole rings is 1. The number of aliphatic hydroxyl groups excluding tert-OH is 1. The number of benzene rings is 2. The summed E-state index contributed by atoms with van der Waals surface area (Å²) in [5.41, 5.74) is 2.71. The Morgan fingerprint density at radius 3 is 2.82 bits per heavy atom. The van der Waals surface area contributed by atoms with Crippen LogP contribution in [-0.4, -0.2) is 43.1 Å². The van der Waals surface area contributed by atoms with Crippen molar-refractivity contribution in [2.45, 2.75) is 31.7 Å². The average molecular weight is 460 g/mol. The minimum Gasteiger partial charge on any atom is -0.495 e. The molecule has 0 radical (unpaired) electrons. The normalized spacial score (nSPS) is 17.8. The van der Waals surface area contributed by atoms with Crippen molar-refractivity contribution in [1.29, 1.82) is 0 Å². The molecule has 1 atom stereocenters. The van der Waals surface area contributed by atoms with E-state index in [9.17, 15) is 9.50 Å². The highest BCUT2D eigenvalue weighted by Crippen LogP contribution is 2.39. The molecule has 0 spiro atoms. The maximum atomic E-state index is 14.0. The number of hydrogen-bond donors (Lipinski definition) is 1. The maximum Gasteiger partial charge on any atom is 0.174 e. The predicted octanol–water partition coefficient (Wildman–Crippen LogP) is 4.16. The van der Waals surface area contributed by atoms with Crippen molar-refractivity contribution in [3.8, 4) is 11.4 Å². The fourth-order valence-electron chi connectivity index (χ4n) is 4.62. The van der Waals surface area contributed by atoms with E-state index >= 15 is 0 Å². The number of aliphatic hydroxyl groups is 1. The Hall–Kier alpha value is -3.78. The van der Waals surface area contributed by atoms with E-state index in [-0.39, 0.29) is 12.4 Å². The highest BCUT2D eigenvalue weighted by Gasteiger charge is 2.41. The van der Waals surface area contributed by atoms with Crippen molar-refractivity contribution in [1.82, 2.24) is 24.3 Å². The molecule has 0 saturated carbocycles. The molecule has 7 nitrogen and oxygen atoms in total. The van der Waals surface area contributed by atoms with Gasteiger partial charge in [-0.25, -0.2) is 19.0 Å². The van der Waals surface area contributed by atoms with Gasteiger partial charge in [-0.15, -0.1) is 0 Å². The smallest absolute Gasteiger partial charge is 0.174 e. The molecule has 2 aromatic heterocycles. The number of aromatic nitrogens is 5. The van der Waals surface area contributed by atoms with Crippen molar-refractivity contribution in [2.75, 3.05) is 13.7 Å². The average Bonchev–Trinajstić information content (AvgIpc) is 3.48. The van der Waals surface area contributed by atoms with E-state index in [0.717, 1.165) is 29.1 Å². The Balaban J connectivity index is 1.46. The summed E-state index contributed by atoms with van der Waals surface area (Å²) in [6.07, 6.45) is 8.97. The van der Waals surface area contributed by atoms with Crippen LogP contribution in [0, 0.1) is 12.7 Å². The molecule has 4 aromatic rings. The molecule has 1 unspecified atom stereocenters.